The Morgan fingerprint density at radius 3 is 2.17 bits per heavy atom. The number of rotatable bonds is 8. The summed E-state index contributed by atoms with van der Waals surface area (Å²) < 4.78 is 16.2. The first kappa shape index (κ1) is 25.4. The van der Waals surface area contributed by atoms with Gasteiger partial charge in [-0.15, -0.1) is 11.8 Å². The zero-order valence-corrected chi connectivity index (χ0v) is 23.0. The second-order valence-corrected chi connectivity index (χ2v) is 10.1. The van der Waals surface area contributed by atoms with Crippen LogP contribution in [0.5, 0.6) is 23.0 Å². The van der Waals surface area contributed by atoms with Gasteiger partial charge in [-0.3, -0.25) is 4.98 Å². The van der Waals surface area contributed by atoms with E-state index in [1.54, 1.807) is 11.8 Å². The van der Waals surface area contributed by atoms with E-state index in [9.17, 15) is 0 Å². The first-order chi connectivity index (χ1) is 19.6. The van der Waals surface area contributed by atoms with Crippen molar-refractivity contribution in [3.63, 3.8) is 0 Å². The van der Waals surface area contributed by atoms with Crippen molar-refractivity contribution < 1.29 is 18.6 Å². The van der Waals surface area contributed by atoms with E-state index in [1.807, 2.05) is 120 Å². The highest BCUT2D eigenvalue weighted by atomic mass is 32.2. The summed E-state index contributed by atoms with van der Waals surface area (Å²) in [5.41, 5.74) is 4.95. The molecule has 5 nitrogen and oxygen atoms in total. The highest BCUT2D eigenvalue weighted by Gasteiger charge is 2.17. The summed E-state index contributed by atoms with van der Waals surface area (Å²) in [6.07, 6.45) is 7.83. The van der Waals surface area contributed by atoms with Crippen LogP contribution in [-0.4, -0.2) is 33.4 Å². The second-order valence-electron chi connectivity index (χ2n) is 9.25. The van der Waals surface area contributed by atoms with Crippen LogP contribution in [0.1, 0.15) is 0 Å². The lowest BCUT2D eigenvalue weighted by atomic mass is 10.0. The monoisotopic (exact) mass is 541 g/mol. The normalized spacial score (nSPS) is 12.2. The van der Waals surface area contributed by atoms with E-state index < -0.39 is 0 Å². The van der Waals surface area contributed by atoms with Crippen LogP contribution >= 0.6 is 11.8 Å². The molecule has 40 heavy (non-hydrogen) atoms. The quantitative estimate of drug-likeness (QED) is 0.145. The lowest BCUT2D eigenvalue weighted by Crippen LogP contribution is -1.94. The molecule has 0 saturated heterocycles. The molecule has 1 aliphatic rings. The number of para-hydroxylation sites is 1. The standard InChI is InChI=1S/C34H27N3O2S/c1-36-16-17-37(24-36)28-9-7-13-31(22-28)39-32-19-27(20-33(23-32)40-2)34-21-26(14-15-35-34)25-8-6-12-30(18-25)38-29-10-4-3-5-11-29/h3-23H,1-2H3/q+2. The van der Waals surface area contributed by atoms with Gasteiger partial charge in [0.15, 0.2) is 7.05 Å². The molecule has 1 aliphatic heterocycles. The Labute approximate surface area is 238 Å². The number of hydrogen-bond acceptors (Lipinski definition) is 4. The summed E-state index contributed by atoms with van der Waals surface area (Å²) in [5, 5.41) is 0. The molecule has 0 saturated carbocycles. The fourth-order valence-corrected chi connectivity index (χ4v) is 4.89. The topological polar surface area (TPSA) is 37.4 Å². The minimum Gasteiger partial charge on any atom is -0.457 e. The van der Waals surface area contributed by atoms with Gasteiger partial charge < -0.3 is 9.47 Å². The Hall–Kier alpha value is -4.90. The zero-order valence-electron chi connectivity index (χ0n) is 22.2. The lowest BCUT2D eigenvalue weighted by Gasteiger charge is -2.12. The summed E-state index contributed by atoms with van der Waals surface area (Å²) in [5.74, 6) is 3.10. The number of nitrogens with zero attached hydrogens (tertiary/aromatic N) is 3. The highest BCUT2D eigenvalue weighted by molar-refractivity contribution is 7.98. The van der Waals surface area contributed by atoms with Crippen molar-refractivity contribution >= 4 is 23.5 Å². The van der Waals surface area contributed by atoms with Gasteiger partial charge in [0.2, 0.25) is 11.9 Å². The van der Waals surface area contributed by atoms with Gasteiger partial charge in [0.25, 0.3) is 6.20 Å². The molecule has 6 heteroatoms. The average Bonchev–Trinajstić information content (AvgIpc) is 3.44. The smallest absolute Gasteiger partial charge is 0.457 e. The molecule has 0 aliphatic carbocycles. The van der Waals surface area contributed by atoms with Gasteiger partial charge >= 0.3 is 6.01 Å². The molecule has 1 aromatic heterocycles. The molecule has 2 heterocycles. The third-order valence-corrected chi connectivity index (χ3v) is 7.06. The Kier molecular flexibility index (Phi) is 7.27. The molecular formula is C34H27N3O2S+2. The third kappa shape index (κ3) is 5.89. The van der Waals surface area contributed by atoms with Crippen LogP contribution in [0.15, 0.2) is 133 Å². The molecule has 0 radical (unpaired) electrons. The number of benzene rings is 4. The molecule has 0 amide bonds. The molecule has 5 aromatic rings. The predicted octanol–water partition coefficient (Wildman–Crippen LogP) is 8.67. The molecular weight excluding hydrogens is 514 g/mol. The van der Waals surface area contributed by atoms with Crippen LogP contribution in [0.3, 0.4) is 0 Å². The fourth-order valence-electron chi connectivity index (χ4n) is 4.41. The largest absolute Gasteiger partial charge is 0.495 e. The lowest BCUT2D eigenvalue weighted by molar-refractivity contribution is -0.429. The molecule has 0 N–H and O–H groups in total. The van der Waals surface area contributed by atoms with Crippen molar-refractivity contribution in [1.82, 2.24) is 4.98 Å². The van der Waals surface area contributed by atoms with E-state index in [2.05, 4.69) is 36.5 Å². The number of thioether (sulfide) groups is 1. The molecule has 6 rings (SSSR count). The summed E-state index contributed by atoms with van der Waals surface area (Å²) >= 11 is 1.67. The van der Waals surface area contributed by atoms with Crippen molar-refractivity contribution in [2.45, 2.75) is 4.90 Å². The van der Waals surface area contributed by atoms with Gasteiger partial charge in [0, 0.05) is 22.7 Å². The SMILES string of the molecule is CSc1cc(Oc2cccc([N+]3=C=[N+](C)C=C3)c2)cc(-c2cc(-c3cccc(Oc4ccccc4)c3)ccn2)c1. The maximum absolute atomic E-state index is 6.35. The van der Waals surface area contributed by atoms with Crippen LogP contribution in [0.25, 0.3) is 22.4 Å². The first-order valence-electron chi connectivity index (χ1n) is 12.9. The van der Waals surface area contributed by atoms with E-state index in [4.69, 9.17) is 14.5 Å². The summed E-state index contributed by atoms with van der Waals surface area (Å²) in [7, 11) is 1.95. The number of aromatic nitrogens is 1. The van der Waals surface area contributed by atoms with Gasteiger partial charge in [0.1, 0.15) is 23.0 Å². The van der Waals surface area contributed by atoms with Crippen molar-refractivity contribution in [2.24, 2.45) is 0 Å². The summed E-state index contributed by atoms with van der Waals surface area (Å²) in [6.45, 7) is 0. The molecule has 194 valence electrons. The Balaban J connectivity index is 1.29. The first-order valence-corrected chi connectivity index (χ1v) is 14.1. The van der Waals surface area contributed by atoms with Gasteiger partial charge in [-0.1, -0.05) is 45.5 Å². The Morgan fingerprint density at radius 2 is 1.38 bits per heavy atom. The maximum Gasteiger partial charge on any atom is 0.495 e. The van der Waals surface area contributed by atoms with Crippen LogP contribution in [-0.2, 0) is 0 Å². The van der Waals surface area contributed by atoms with Crippen molar-refractivity contribution in [3.8, 4) is 45.4 Å². The molecule has 0 fully saturated rings. The molecule has 0 unspecified atom stereocenters. The van der Waals surface area contributed by atoms with E-state index >= 15 is 0 Å². The van der Waals surface area contributed by atoms with Crippen LogP contribution in [0.4, 0.5) is 5.69 Å². The van der Waals surface area contributed by atoms with Gasteiger partial charge in [-0.25, -0.2) is 0 Å². The van der Waals surface area contributed by atoms with Crippen LogP contribution in [0, 0.1) is 0 Å². The van der Waals surface area contributed by atoms with E-state index in [0.717, 1.165) is 56.0 Å². The van der Waals surface area contributed by atoms with E-state index in [-0.39, 0.29) is 0 Å². The van der Waals surface area contributed by atoms with E-state index in [0.29, 0.717) is 0 Å². The summed E-state index contributed by atoms with van der Waals surface area (Å²) in [4.78, 5) is 5.80. The molecule has 0 atom stereocenters. The third-order valence-electron chi connectivity index (χ3n) is 6.35. The van der Waals surface area contributed by atoms with E-state index in [1.165, 1.54) is 0 Å². The highest BCUT2D eigenvalue weighted by Crippen LogP contribution is 2.35. The van der Waals surface area contributed by atoms with Crippen molar-refractivity contribution in [2.75, 3.05) is 13.3 Å². The van der Waals surface area contributed by atoms with Crippen molar-refractivity contribution in [1.29, 1.82) is 0 Å². The van der Waals surface area contributed by atoms with Gasteiger partial charge in [0.05, 0.1) is 11.8 Å². The molecule has 0 spiro atoms. The van der Waals surface area contributed by atoms with Gasteiger partial charge in [-0.2, -0.15) is 0 Å². The maximum atomic E-state index is 6.35. The second kappa shape index (κ2) is 11.5. The number of pyridine rings is 1. The van der Waals surface area contributed by atoms with Crippen LogP contribution < -0.4 is 9.47 Å². The predicted molar refractivity (Wildman–Crippen MR) is 160 cm³/mol. The van der Waals surface area contributed by atoms with Gasteiger partial charge in [-0.05, 0) is 78.0 Å². The number of hydrogen-bond donors (Lipinski definition) is 0. The Bertz CT molecular complexity index is 1790. The number of ether oxygens (including phenoxy) is 2. The minimum atomic E-state index is 0.753. The molecule has 4 aromatic carbocycles. The zero-order chi connectivity index (χ0) is 27.3. The summed E-state index contributed by atoms with van der Waals surface area (Å²) in [6, 6.07) is 39.5. The average molecular weight is 542 g/mol. The Morgan fingerprint density at radius 1 is 0.650 bits per heavy atom. The van der Waals surface area contributed by atoms with Crippen molar-refractivity contribution in [3.05, 3.63) is 128 Å². The van der Waals surface area contributed by atoms with Crippen LogP contribution in [0.2, 0.25) is 0 Å². The minimum absolute atomic E-state index is 0.753. The molecule has 0 bridgehead atoms. The fraction of sp³-hybridized carbons (Fsp3) is 0.0588.